The maximum Gasteiger partial charge on any atom is 0.401 e. The highest BCUT2D eigenvalue weighted by molar-refractivity contribution is 5.01. The molecule has 2 atom stereocenters. The molecule has 108 valence electrons. The highest BCUT2D eigenvalue weighted by Crippen LogP contribution is 2.40. The summed E-state index contributed by atoms with van der Waals surface area (Å²) in [5, 5.41) is 3.22. The Kier molecular flexibility index (Phi) is 4.70. The quantitative estimate of drug-likeness (QED) is 0.841. The first-order chi connectivity index (χ1) is 8.08. The molecule has 0 aromatic carbocycles. The summed E-state index contributed by atoms with van der Waals surface area (Å²) in [6.45, 7) is 7.11. The molecule has 0 bridgehead atoms. The van der Waals surface area contributed by atoms with Crippen molar-refractivity contribution in [1.82, 2.24) is 10.2 Å². The van der Waals surface area contributed by atoms with Crippen LogP contribution in [0.25, 0.3) is 0 Å². The predicted molar refractivity (Wildman–Crippen MR) is 67.5 cm³/mol. The largest absolute Gasteiger partial charge is 0.401 e. The van der Waals surface area contributed by atoms with Crippen molar-refractivity contribution in [3.05, 3.63) is 0 Å². The van der Waals surface area contributed by atoms with Gasteiger partial charge in [-0.1, -0.05) is 13.8 Å². The average molecular weight is 266 g/mol. The Labute approximate surface area is 108 Å². The fourth-order valence-corrected chi connectivity index (χ4v) is 3.19. The molecular weight excluding hydrogens is 241 g/mol. The summed E-state index contributed by atoms with van der Waals surface area (Å²) in [6, 6.07) is -0.0183. The summed E-state index contributed by atoms with van der Waals surface area (Å²) in [7, 11) is 1.84. The van der Waals surface area contributed by atoms with E-state index in [4.69, 9.17) is 0 Å². The predicted octanol–water partition coefficient (Wildman–Crippen LogP) is 3.04. The van der Waals surface area contributed by atoms with Gasteiger partial charge in [0.05, 0.1) is 6.54 Å². The lowest BCUT2D eigenvalue weighted by molar-refractivity contribution is -0.156. The average Bonchev–Trinajstić information content (AvgIpc) is 2.48. The second kappa shape index (κ2) is 5.37. The van der Waals surface area contributed by atoms with Gasteiger partial charge in [0.1, 0.15) is 0 Å². The first-order valence-electron chi connectivity index (χ1n) is 6.58. The number of alkyl halides is 3. The highest BCUT2D eigenvalue weighted by atomic mass is 19.4. The van der Waals surface area contributed by atoms with E-state index >= 15 is 0 Å². The molecule has 1 rings (SSSR count). The van der Waals surface area contributed by atoms with Gasteiger partial charge in [-0.2, -0.15) is 13.2 Å². The third-order valence-electron chi connectivity index (χ3n) is 4.07. The Morgan fingerprint density at radius 3 is 2.28 bits per heavy atom. The van der Waals surface area contributed by atoms with Crippen molar-refractivity contribution >= 4 is 0 Å². The molecular formula is C13H25F3N2. The van der Waals surface area contributed by atoms with E-state index in [-0.39, 0.29) is 23.5 Å². The van der Waals surface area contributed by atoms with Gasteiger partial charge >= 0.3 is 6.18 Å². The molecule has 0 aromatic heterocycles. The Balaban J connectivity index is 2.87. The van der Waals surface area contributed by atoms with E-state index in [2.05, 4.69) is 19.2 Å². The number of halogens is 3. The SMILES string of the molecule is CNC1C(N(CC(F)(F)F)C(C)C)CCC1(C)C. The van der Waals surface area contributed by atoms with E-state index in [1.54, 1.807) is 4.90 Å². The van der Waals surface area contributed by atoms with Crippen molar-refractivity contribution in [3.63, 3.8) is 0 Å². The van der Waals surface area contributed by atoms with Gasteiger partial charge in [-0.15, -0.1) is 0 Å². The van der Waals surface area contributed by atoms with Gasteiger partial charge in [-0.3, -0.25) is 4.90 Å². The lowest BCUT2D eigenvalue weighted by Crippen LogP contribution is -2.55. The van der Waals surface area contributed by atoms with Crippen molar-refractivity contribution in [1.29, 1.82) is 0 Å². The summed E-state index contributed by atoms with van der Waals surface area (Å²) in [5.74, 6) is 0. The molecule has 2 nitrogen and oxygen atoms in total. The van der Waals surface area contributed by atoms with Crippen molar-refractivity contribution in [2.24, 2.45) is 5.41 Å². The van der Waals surface area contributed by atoms with Crippen LogP contribution >= 0.6 is 0 Å². The van der Waals surface area contributed by atoms with Gasteiger partial charge in [0.2, 0.25) is 0 Å². The first-order valence-corrected chi connectivity index (χ1v) is 6.58. The zero-order valence-corrected chi connectivity index (χ0v) is 11.9. The molecule has 1 aliphatic rings. The van der Waals surface area contributed by atoms with Gasteiger partial charge in [-0.25, -0.2) is 0 Å². The molecule has 0 spiro atoms. The van der Waals surface area contributed by atoms with Crippen LogP contribution in [0.1, 0.15) is 40.5 Å². The number of nitrogens with zero attached hydrogens (tertiary/aromatic N) is 1. The van der Waals surface area contributed by atoms with Crippen molar-refractivity contribution in [2.75, 3.05) is 13.6 Å². The minimum absolute atomic E-state index is 0.0355. The molecule has 18 heavy (non-hydrogen) atoms. The maximum atomic E-state index is 12.7. The summed E-state index contributed by atoms with van der Waals surface area (Å²) in [6.07, 6.45) is -2.34. The summed E-state index contributed by atoms with van der Waals surface area (Å²) < 4.78 is 38.0. The molecule has 0 aliphatic heterocycles. The van der Waals surface area contributed by atoms with E-state index in [0.29, 0.717) is 0 Å². The van der Waals surface area contributed by atoms with Gasteiger partial charge in [-0.05, 0) is 39.2 Å². The molecule has 1 N–H and O–H groups in total. The summed E-state index contributed by atoms with van der Waals surface area (Å²) >= 11 is 0. The number of nitrogens with one attached hydrogen (secondary N) is 1. The lowest BCUT2D eigenvalue weighted by Gasteiger charge is -2.39. The zero-order valence-electron chi connectivity index (χ0n) is 11.9. The second-order valence-electron chi connectivity index (χ2n) is 6.24. The number of rotatable bonds is 4. The normalized spacial score (nSPS) is 28.3. The first kappa shape index (κ1) is 15.8. The molecule has 0 aromatic rings. The van der Waals surface area contributed by atoms with Crippen molar-refractivity contribution in [3.8, 4) is 0 Å². The van der Waals surface area contributed by atoms with Gasteiger partial charge in [0.15, 0.2) is 0 Å². The zero-order chi connectivity index (χ0) is 14.1. The van der Waals surface area contributed by atoms with Crippen LogP contribution in [-0.4, -0.2) is 42.8 Å². The Bertz CT molecular complexity index is 274. The maximum absolute atomic E-state index is 12.7. The van der Waals surface area contributed by atoms with E-state index < -0.39 is 12.7 Å². The number of likely N-dealkylation sites (N-methyl/N-ethyl adjacent to an activating group) is 1. The van der Waals surface area contributed by atoms with Crippen molar-refractivity contribution < 1.29 is 13.2 Å². The minimum Gasteiger partial charge on any atom is -0.315 e. The van der Waals surface area contributed by atoms with Crippen LogP contribution in [0.4, 0.5) is 13.2 Å². The van der Waals surface area contributed by atoms with Crippen LogP contribution in [0.2, 0.25) is 0 Å². The number of hydrogen-bond acceptors (Lipinski definition) is 2. The topological polar surface area (TPSA) is 15.3 Å². The Morgan fingerprint density at radius 2 is 1.89 bits per heavy atom. The molecule has 1 fully saturated rings. The number of hydrogen-bond donors (Lipinski definition) is 1. The fourth-order valence-electron chi connectivity index (χ4n) is 3.19. The van der Waals surface area contributed by atoms with Gasteiger partial charge in [0.25, 0.3) is 0 Å². The van der Waals surface area contributed by atoms with Crippen molar-refractivity contribution in [2.45, 2.75) is 64.8 Å². The molecule has 1 saturated carbocycles. The molecule has 0 amide bonds. The smallest absolute Gasteiger partial charge is 0.315 e. The molecule has 0 heterocycles. The Morgan fingerprint density at radius 1 is 1.33 bits per heavy atom. The summed E-state index contributed by atoms with van der Waals surface area (Å²) in [4.78, 5) is 1.59. The molecule has 1 aliphatic carbocycles. The van der Waals surface area contributed by atoms with Crippen LogP contribution in [0.3, 0.4) is 0 Å². The Hall–Kier alpha value is -0.290. The van der Waals surface area contributed by atoms with E-state index in [0.717, 1.165) is 12.8 Å². The molecule has 5 heteroatoms. The van der Waals surface area contributed by atoms with Crippen LogP contribution in [-0.2, 0) is 0 Å². The molecule has 0 radical (unpaired) electrons. The monoisotopic (exact) mass is 266 g/mol. The molecule has 0 saturated heterocycles. The van der Waals surface area contributed by atoms with Gasteiger partial charge < -0.3 is 5.32 Å². The lowest BCUT2D eigenvalue weighted by atomic mass is 9.86. The third kappa shape index (κ3) is 3.60. The molecule has 2 unspecified atom stereocenters. The van der Waals surface area contributed by atoms with E-state index in [1.807, 2.05) is 20.9 Å². The van der Waals surface area contributed by atoms with Crippen LogP contribution in [0.5, 0.6) is 0 Å². The van der Waals surface area contributed by atoms with Gasteiger partial charge in [0, 0.05) is 18.1 Å². The van der Waals surface area contributed by atoms with E-state index in [1.165, 1.54) is 0 Å². The van der Waals surface area contributed by atoms with Crippen LogP contribution < -0.4 is 5.32 Å². The van der Waals surface area contributed by atoms with Crippen LogP contribution in [0.15, 0.2) is 0 Å². The minimum atomic E-state index is -4.13. The standard InChI is InChI=1S/C13H25F3N2/c1-9(2)18(8-13(14,15)16)10-6-7-12(3,4)11(10)17-5/h9-11,17H,6-8H2,1-5H3. The highest BCUT2D eigenvalue weighted by Gasteiger charge is 2.46. The van der Waals surface area contributed by atoms with Crippen LogP contribution in [0, 0.1) is 5.41 Å². The third-order valence-corrected chi connectivity index (χ3v) is 4.07. The summed E-state index contributed by atoms with van der Waals surface area (Å²) in [5.41, 5.74) is 0.0537. The second-order valence-corrected chi connectivity index (χ2v) is 6.24. The van der Waals surface area contributed by atoms with E-state index in [9.17, 15) is 13.2 Å². The fraction of sp³-hybridized carbons (Fsp3) is 1.00.